The summed E-state index contributed by atoms with van der Waals surface area (Å²) in [5.74, 6) is 1.56. The average molecular weight is 343 g/mol. The van der Waals surface area contributed by atoms with Crippen molar-refractivity contribution in [2.24, 2.45) is 0 Å². The maximum absolute atomic E-state index is 12.6. The second-order valence-corrected chi connectivity index (χ2v) is 5.73. The third kappa shape index (κ3) is 4.89. The fraction of sp³-hybridized carbons (Fsp3) is 0.350. The van der Waals surface area contributed by atoms with E-state index >= 15 is 0 Å². The molecule has 0 aliphatic carbocycles. The van der Waals surface area contributed by atoms with Gasteiger partial charge in [0.1, 0.15) is 5.75 Å². The van der Waals surface area contributed by atoms with Gasteiger partial charge in [0.25, 0.3) is 5.91 Å². The van der Waals surface area contributed by atoms with Gasteiger partial charge in [-0.25, -0.2) is 0 Å². The number of methoxy groups -OCH3 is 2. The Balaban J connectivity index is 2.18. The fourth-order valence-corrected chi connectivity index (χ4v) is 2.37. The highest BCUT2D eigenvalue weighted by Crippen LogP contribution is 2.30. The van der Waals surface area contributed by atoms with Crippen molar-refractivity contribution >= 4 is 11.6 Å². The van der Waals surface area contributed by atoms with E-state index in [1.165, 1.54) is 0 Å². The number of carbonyl (C=O) groups excluding carboxylic acids is 1. The van der Waals surface area contributed by atoms with E-state index in [1.54, 1.807) is 32.4 Å². The Bertz CT molecular complexity index is 728. The summed E-state index contributed by atoms with van der Waals surface area (Å²) in [7, 11) is 3.14. The summed E-state index contributed by atoms with van der Waals surface area (Å²) >= 11 is 0. The second-order valence-electron chi connectivity index (χ2n) is 5.73. The smallest absolute Gasteiger partial charge is 0.255 e. The van der Waals surface area contributed by atoms with Gasteiger partial charge in [0.2, 0.25) is 0 Å². The van der Waals surface area contributed by atoms with Crippen molar-refractivity contribution in [1.29, 1.82) is 0 Å². The van der Waals surface area contributed by atoms with E-state index < -0.39 is 0 Å². The fourth-order valence-electron chi connectivity index (χ4n) is 2.37. The SMILES string of the molecule is CCCCOc1ccc(C(=O)Nc2cc(C)ccc2OC)cc1OC. The van der Waals surface area contributed by atoms with Crippen molar-refractivity contribution in [1.82, 2.24) is 0 Å². The predicted molar refractivity (Wildman–Crippen MR) is 99.1 cm³/mol. The molecule has 0 aromatic heterocycles. The third-order valence-corrected chi connectivity index (χ3v) is 3.78. The summed E-state index contributed by atoms with van der Waals surface area (Å²) < 4.78 is 16.3. The summed E-state index contributed by atoms with van der Waals surface area (Å²) in [5.41, 5.74) is 2.16. The zero-order valence-corrected chi connectivity index (χ0v) is 15.2. The number of hydrogen-bond acceptors (Lipinski definition) is 4. The molecule has 2 aromatic carbocycles. The molecule has 2 rings (SSSR count). The Morgan fingerprint density at radius 1 is 1.00 bits per heavy atom. The lowest BCUT2D eigenvalue weighted by Gasteiger charge is -2.13. The van der Waals surface area contributed by atoms with Crippen LogP contribution in [0.4, 0.5) is 5.69 Å². The predicted octanol–water partition coefficient (Wildman–Crippen LogP) is 4.44. The van der Waals surface area contributed by atoms with Crippen LogP contribution in [0, 0.1) is 6.92 Å². The lowest BCUT2D eigenvalue weighted by molar-refractivity contribution is 0.102. The molecule has 0 bridgehead atoms. The van der Waals surface area contributed by atoms with Gasteiger partial charge in [-0.05, 0) is 49.2 Å². The van der Waals surface area contributed by atoms with Gasteiger partial charge in [-0.2, -0.15) is 0 Å². The first-order valence-corrected chi connectivity index (χ1v) is 8.35. The number of rotatable bonds is 8. The van der Waals surface area contributed by atoms with E-state index in [2.05, 4.69) is 12.2 Å². The van der Waals surface area contributed by atoms with Gasteiger partial charge in [-0.3, -0.25) is 4.79 Å². The highest BCUT2D eigenvalue weighted by molar-refractivity contribution is 6.05. The lowest BCUT2D eigenvalue weighted by atomic mass is 10.1. The second kappa shape index (κ2) is 8.97. The summed E-state index contributed by atoms with van der Waals surface area (Å²) in [6.45, 7) is 4.69. The Kier molecular flexibility index (Phi) is 6.69. The van der Waals surface area contributed by atoms with Crippen molar-refractivity contribution < 1.29 is 19.0 Å². The van der Waals surface area contributed by atoms with E-state index in [4.69, 9.17) is 14.2 Å². The molecule has 5 nitrogen and oxygen atoms in total. The molecule has 0 unspecified atom stereocenters. The number of benzene rings is 2. The minimum absolute atomic E-state index is 0.234. The number of amides is 1. The lowest BCUT2D eigenvalue weighted by Crippen LogP contribution is -2.13. The van der Waals surface area contributed by atoms with Gasteiger partial charge in [0, 0.05) is 5.56 Å². The molecule has 0 spiro atoms. The van der Waals surface area contributed by atoms with Crippen LogP contribution in [0.25, 0.3) is 0 Å². The number of ether oxygens (including phenoxy) is 3. The van der Waals surface area contributed by atoms with Crippen molar-refractivity contribution in [2.75, 3.05) is 26.1 Å². The molecule has 0 atom stereocenters. The number of nitrogens with one attached hydrogen (secondary N) is 1. The summed E-state index contributed by atoms with van der Waals surface area (Å²) in [6, 6.07) is 10.8. The molecule has 0 aliphatic rings. The maximum Gasteiger partial charge on any atom is 0.255 e. The molecule has 25 heavy (non-hydrogen) atoms. The van der Waals surface area contributed by atoms with Crippen molar-refractivity contribution in [3.8, 4) is 17.2 Å². The van der Waals surface area contributed by atoms with E-state index in [0.717, 1.165) is 18.4 Å². The Hall–Kier alpha value is -2.69. The molecule has 0 saturated heterocycles. The molecule has 0 fully saturated rings. The van der Waals surface area contributed by atoms with E-state index in [0.29, 0.717) is 35.1 Å². The molecule has 5 heteroatoms. The first kappa shape index (κ1) is 18.6. The molecule has 1 N–H and O–H groups in total. The number of aryl methyl sites for hydroxylation is 1. The van der Waals surface area contributed by atoms with Crippen LogP contribution in [-0.2, 0) is 0 Å². The molecule has 1 amide bonds. The Labute approximate surface area is 148 Å². The quantitative estimate of drug-likeness (QED) is 0.720. The van der Waals surface area contributed by atoms with Crippen LogP contribution in [-0.4, -0.2) is 26.7 Å². The zero-order valence-electron chi connectivity index (χ0n) is 15.2. The van der Waals surface area contributed by atoms with Crippen molar-refractivity contribution in [3.05, 3.63) is 47.5 Å². The van der Waals surface area contributed by atoms with Crippen LogP contribution in [0.5, 0.6) is 17.2 Å². The van der Waals surface area contributed by atoms with Gasteiger partial charge in [0.15, 0.2) is 11.5 Å². The molecule has 0 aliphatic heterocycles. The van der Waals surface area contributed by atoms with Gasteiger partial charge in [-0.15, -0.1) is 0 Å². The first-order valence-electron chi connectivity index (χ1n) is 8.35. The largest absolute Gasteiger partial charge is 0.495 e. The van der Waals surface area contributed by atoms with Crippen LogP contribution in [0.2, 0.25) is 0 Å². The molecule has 134 valence electrons. The number of unbranched alkanes of at least 4 members (excludes halogenated alkanes) is 1. The molecule has 0 radical (unpaired) electrons. The van der Waals surface area contributed by atoms with E-state index in [9.17, 15) is 4.79 Å². The molecule has 0 saturated carbocycles. The molecule has 2 aromatic rings. The van der Waals surface area contributed by atoms with Crippen LogP contribution in [0.3, 0.4) is 0 Å². The summed E-state index contributed by atoms with van der Waals surface area (Å²) in [6.07, 6.45) is 2.03. The number of anilines is 1. The number of carbonyl (C=O) groups is 1. The van der Waals surface area contributed by atoms with Crippen molar-refractivity contribution in [3.63, 3.8) is 0 Å². The highest BCUT2D eigenvalue weighted by Gasteiger charge is 2.13. The summed E-state index contributed by atoms with van der Waals surface area (Å²) in [4.78, 5) is 12.6. The van der Waals surface area contributed by atoms with Crippen LogP contribution < -0.4 is 19.5 Å². The van der Waals surface area contributed by atoms with Crippen LogP contribution >= 0.6 is 0 Å². The number of hydrogen-bond donors (Lipinski definition) is 1. The van der Waals surface area contributed by atoms with E-state index in [1.807, 2.05) is 25.1 Å². The average Bonchev–Trinajstić information content (AvgIpc) is 2.62. The zero-order chi connectivity index (χ0) is 18.2. The minimum Gasteiger partial charge on any atom is -0.495 e. The van der Waals surface area contributed by atoms with Crippen LogP contribution in [0.1, 0.15) is 35.7 Å². The highest BCUT2D eigenvalue weighted by atomic mass is 16.5. The topological polar surface area (TPSA) is 56.8 Å². The Morgan fingerprint density at radius 2 is 1.72 bits per heavy atom. The Morgan fingerprint density at radius 3 is 2.40 bits per heavy atom. The monoisotopic (exact) mass is 343 g/mol. The van der Waals surface area contributed by atoms with Gasteiger partial charge < -0.3 is 19.5 Å². The van der Waals surface area contributed by atoms with Gasteiger partial charge >= 0.3 is 0 Å². The molecular formula is C20H25NO4. The molecule has 0 heterocycles. The molecular weight excluding hydrogens is 318 g/mol. The van der Waals surface area contributed by atoms with Gasteiger partial charge in [0.05, 0.1) is 26.5 Å². The minimum atomic E-state index is -0.234. The van der Waals surface area contributed by atoms with E-state index in [-0.39, 0.29) is 5.91 Å². The first-order chi connectivity index (χ1) is 12.1. The van der Waals surface area contributed by atoms with Gasteiger partial charge in [-0.1, -0.05) is 19.4 Å². The standard InChI is InChI=1S/C20H25NO4/c1-5-6-11-25-18-10-8-15(13-19(18)24-4)20(22)21-16-12-14(2)7-9-17(16)23-3/h7-10,12-13H,5-6,11H2,1-4H3,(H,21,22). The van der Waals surface area contributed by atoms with Crippen molar-refractivity contribution in [2.45, 2.75) is 26.7 Å². The normalized spacial score (nSPS) is 10.2. The maximum atomic E-state index is 12.6. The third-order valence-electron chi connectivity index (χ3n) is 3.78. The van der Waals surface area contributed by atoms with Crippen LogP contribution in [0.15, 0.2) is 36.4 Å². The summed E-state index contributed by atoms with van der Waals surface area (Å²) in [5, 5.41) is 2.88.